The summed E-state index contributed by atoms with van der Waals surface area (Å²) in [5, 5.41) is 2.63. The van der Waals surface area contributed by atoms with Crippen LogP contribution in [0.25, 0.3) is 21.3 Å². The number of ether oxygens (including phenoxy) is 2. The van der Waals surface area contributed by atoms with Gasteiger partial charge in [0.05, 0.1) is 19.6 Å². The van der Waals surface area contributed by atoms with Crippen molar-refractivity contribution in [2.24, 2.45) is 0 Å². The Bertz CT molecular complexity index is 1080. The van der Waals surface area contributed by atoms with Gasteiger partial charge in [0, 0.05) is 30.3 Å². The van der Waals surface area contributed by atoms with Crippen molar-refractivity contribution >= 4 is 27.5 Å². The maximum atomic E-state index is 13.4. The van der Waals surface area contributed by atoms with Crippen LogP contribution in [0.15, 0.2) is 28.4 Å². The number of thiophene rings is 1. The van der Waals surface area contributed by atoms with Crippen LogP contribution in [0.3, 0.4) is 0 Å². The van der Waals surface area contributed by atoms with E-state index in [-0.39, 0.29) is 17.9 Å². The summed E-state index contributed by atoms with van der Waals surface area (Å²) in [5.41, 5.74) is 2.82. The lowest BCUT2D eigenvalue weighted by Gasteiger charge is -2.12. The predicted octanol–water partition coefficient (Wildman–Crippen LogP) is 4.35. The minimum atomic E-state index is -0.269. The Morgan fingerprint density at radius 3 is 2.72 bits per heavy atom. The maximum Gasteiger partial charge on any atom is 0.305 e. The van der Waals surface area contributed by atoms with Crippen LogP contribution in [-0.4, -0.2) is 29.7 Å². The molecule has 1 aromatic carbocycles. The summed E-state index contributed by atoms with van der Waals surface area (Å²) in [6.45, 7) is 4.50. The largest absolute Gasteiger partial charge is 0.496 e. The number of hydrogen-bond donors (Lipinski definition) is 0. The van der Waals surface area contributed by atoms with E-state index in [9.17, 15) is 9.59 Å². The van der Waals surface area contributed by atoms with Gasteiger partial charge in [0.15, 0.2) is 0 Å². The van der Waals surface area contributed by atoms with E-state index in [1.54, 1.807) is 11.7 Å². The number of fused-ring (bicyclic) bond motifs is 1. The van der Waals surface area contributed by atoms with E-state index < -0.39 is 0 Å². The standard InChI is InChI=1S/C22H26N2O4S/c1-5-7-18-23-21-20(22(26)24(18)11-6-8-19(25)28-4)16(13-29-21)15-9-10-17(27-3)14(2)12-15/h9-10,12-13H,5-8,11H2,1-4H3. The Kier molecular flexibility index (Phi) is 6.69. The SMILES string of the molecule is CCCc1nc2scc(-c3ccc(OC)c(C)c3)c2c(=O)n1CCCC(=O)OC. The highest BCUT2D eigenvalue weighted by Gasteiger charge is 2.17. The molecule has 6 nitrogen and oxygen atoms in total. The van der Waals surface area contributed by atoms with E-state index >= 15 is 0 Å². The van der Waals surface area contributed by atoms with Crippen LogP contribution in [0.1, 0.15) is 37.6 Å². The normalized spacial score (nSPS) is 11.0. The molecule has 0 spiro atoms. The molecule has 7 heteroatoms. The van der Waals surface area contributed by atoms with Crippen molar-refractivity contribution in [1.82, 2.24) is 9.55 Å². The number of rotatable bonds is 8. The molecule has 2 aromatic heterocycles. The molecule has 29 heavy (non-hydrogen) atoms. The minimum Gasteiger partial charge on any atom is -0.496 e. The first-order valence-electron chi connectivity index (χ1n) is 9.72. The van der Waals surface area contributed by atoms with Crippen LogP contribution in [0.4, 0.5) is 0 Å². The lowest BCUT2D eigenvalue weighted by atomic mass is 10.0. The molecule has 3 aromatic rings. The fourth-order valence-corrected chi connectivity index (χ4v) is 4.41. The van der Waals surface area contributed by atoms with Gasteiger partial charge in [0.2, 0.25) is 0 Å². The molecule has 0 aliphatic carbocycles. The molecule has 0 unspecified atom stereocenters. The quantitative estimate of drug-likeness (QED) is 0.513. The number of methoxy groups -OCH3 is 2. The molecule has 0 amide bonds. The van der Waals surface area contributed by atoms with Crippen LogP contribution in [-0.2, 0) is 22.5 Å². The molecule has 0 aliphatic rings. The number of hydrogen-bond acceptors (Lipinski definition) is 6. The third-order valence-corrected chi connectivity index (χ3v) is 5.81. The third-order valence-electron chi connectivity index (χ3n) is 4.94. The van der Waals surface area contributed by atoms with Crippen LogP contribution in [0.2, 0.25) is 0 Å². The number of aryl methyl sites for hydroxylation is 2. The van der Waals surface area contributed by atoms with E-state index in [4.69, 9.17) is 14.5 Å². The molecule has 0 N–H and O–H groups in total. The van der Waals surface area contributed by atoms with Crippen molar-refractivity contribution in [3.8, 4) is 16.9 Å². The Balaban J connectivity index is 2.08. The maximum absolute atomic E-state index is 13.4. The van der Waals surface area contributed by atoms with Gasteiger partial charge < -0.3 is 9.47 Å². The number of benzene rings is 1. The summed E-state index contributed by atoms with van der Waals surface area (Å²) >= 11 is 1.49. The zero-order valence-corrected chi connectivity index (χ0v) is 18.1. The highest BCUT2D eigenvalue weighted by molar-refractivity contribution is 7.17. The van der Waals surface area contributed by atoms with Gasteiger partial charge in [0.1, 0.15) is 16.4 Å². The zero-order chi connectivity index (χ0) is 21.0. The molecule has 2 heterocycles. The Morgan fingerprint density at radius 2 is 2.07 bits per heavy atom. The van der Waals surface area contributed by atoms with Crippen LogP contribution in [0, 0.1) is 6.92 Å². The van der Waals surface area contributed by atoms with Crippen molar-refractivity contribution in [1.29, 1.82) is 0 Å². The summed E-state index contributed by atoms with van der Waals surface area (Å²) in [4.78, 5) is 30.4. The van der Waals surface area contributed by atoms with Crippen molar-refractivity contribution in [2.75, 3.05) is 14.2 Å². The summed E-state index contributed by atoms with van der Waals surface area (Å²) < 4.78 is 11.8. The second-order valence-electron chi connectivity index (χ2n) is 6.93. The molecular formula is C22H26N2O4S. The van der Waals surface area contributed by atoms with Crippen molar-refractivity contribution in [3.63, 3.8) is 0 Å². The lowest BCUT2D eigenvalue weighted by Crippen LogP contribution is -2.25. The summed E-state index contributed by atoms with van der Waals surface area (Å²) in [6.07, 6.45) is 2.43. The van der Waals surface area contributed by atoms with Gasteiger partial charge >= 0.3 is 5.97 Å². The first kappa shape index (κ1) is 21.0. The Labute approximate surface area is 174 Å². The second kappa shape index (κ2) is 9.22. The molecule has 0 bridgehead atoms. The van der Waals surface area contributed by atoms with Crippen molar-refractivity contribution in [3.05, 3.63) is 45.3 Å². The summed E-state index contributed by atoms with van der Waals surface area (Å²) in [6, 6.07) is 5.91. The van der Waals surface area contributed by atoms with Gasteiger partial charge in [0.25, 0.3) is 5.56 Å². The van der Waals surface area contributed by atoms with Crippen LogP contribution < -0.4 is 10.3 Å². The van der Waals surface area contributed by atoms with Gasteiger partial charge in [-0.1, -0.05) is 13.0 Å². The Morgan fingerprint density at radius 1 is 1.28 bits per heavy atom. The first-order chi connectivity index (χ1) is 14.0. The van der Waals surface area contributed by atoms with E-state index in [0.717, 1.165) is 45.9 Å². The molecule has 0 saturated heterocycles. The third kappa shape index (κ3) is 4.34. The average Bonchev–Trinajstić information content (AvgIpc) is 3.14. The predicted molar refractivity (Wildman–Crippen MR) is 116 cm³/mol. The lowest BCUT2D eigenvalue weighted by molar-refractivity contribution is -0.140. The average molecular weight is 415 g/mol. The van der Waals surface area contributed by atoms with Gasteiger partial charge in [-0.25, -0.2) is 4.98 Å². The minimum absolute atomic E-state index is 0.0481. The van der Waals surface area contributed by atoms with Gasteiger partial charge in [-0.05, 0) is 43.0 Å². The van der Waals surface area contributed by atoms with Gasteiger partial charge in [-0.3, -0.25) is 14.2 Å². The highest BCUT2D eigenvalue weighted by Crippen LogP contribution is 2.33. The van der Waals surface area contributed by atoms with E-state index in [0.29, 0.717) is 18.4 Å². The van der Waals surface area contributed by atoms with Crippen LogP contribution >= 0.6 is 11.3 Å². The molecular weight excluding hydrogens is 388 g/mol. The monoisotopic (exact) mass is 414 g/mol. The molecule has 154 valence electrons. The molecule has 0 atom stereocenters. The number of nitrogens with zero attached hydrogens (tertiary/aromatic N) is 2. The van der Waals surface area contributed by atoms with Crippen molar-refractivity contribution in [2.45, 2.75) is 46.1 Å². The molecule has 0 saturated carbocycles. The molecule has 3 rings (SSSR count). The summed E-state index contributed by atoms with van der Waals surface area (Å²) in [5.74, 6) is 1.32. The first-order valence-corrected chi connectivity index (χ1v) is 10.6. The topological polar surface area (TPSA) is 70.4 Å². The highest BCUT2D eigenvalue weighted by atomic mass is 32.1. The fraction of sp³-hybridized carbons (Fsp3) is 0.409. The molecule has 0 radical (unpaired) electrons. The number of carbonyl (C=O) groups is 1. The zero-order valence-electron chi connectivity index (χ0n) is 17.3. The van der Waals surface area contributed by atoms with Gasteiger partial charge in [-0.15, -0.1) is 11.3 Å². The smallest absolute Gasteiger partial charge is 0.305 e. The fourth-order valence-electron chi connectivity index (χ4n) is 3.45. The number of esters is 1. The van der Waals surface area contributed by atoms with Crippen molar-refractivity contribution < 1.29 is 14.3 Å². The number of aromatic nitrogens is 2. The van der Waals surface area contributed by atoms with E-state index in [1.165, 1.54) is 18.4 Å². The number of carbonyl (C=O) groups excluding carboxylic acids is 1. The Hall–Kier alpha value is -2.67. The molecule has 0 fully saturated rings. The molecule has 0 aliphatic heterocycles. The van der Waals surface area contributed by atoms with Crippen LogP contribution in [0.5, 0.6) is 5.75 Å². The summed E-state index contributed by atoms with van der Waals surface area (Å²) in [7, 11) is 3.02. The van der Waals surface area contributed by atoms with E-state index in [1.807, 2.05) is 30.5 Å². The van der Waals surface area contributed by atoms with Gasteiger partial charge in [-0.2, -0.15) is 0 Å². The second-order valence-corrected chi connectivity index (χ2v) is 7.79. The van der Waals surface area contributed by atoms with E-state index in [2.05, 4.69) is 6.92 Å².